The Morgan fingerprint density at radius 2 is 2.00 bits per heavy atom. The highest BCUT2D eigenvalue weighted by Crippen LogP contribution is 2.59. The Hall–Kier alpha value is -0.820. The average Bonchev–Trinajstić information content (AvgIpc) is 3.10. The lowest BCUT2D eigenvalue weighted by atomic mass is 9.60. The van der Waals surface area contributed by atoms with Gasteiger partial charge >= 0.3 is 0 Å². The zero-order valence-electron chi connectivity index (χ0n) is 21.5. The van der Waals surface area contributed by atoms with Gasteiger partial charge in [0.15, 0.2) is 0 Å². The molecule has 0 bridgehead atoms. The summed E-state index contributed by atoms with van der Waals surface area (Å²) in [5.41, 5.74) is 3.05. The fourth-order valence-corrected chi connectivity index (χ4v) is 6.19. The summed E-state index contributed by atoms with van der Waals surface area (Å²) >= 11 is 0. The molecule has 28 heavy (non-hydrogen) atoms. The van der Waals surface area contributed by atoms with Crippen LogP contribution in [0.4, 0.5) is 0 Å². The molecule has 158 valence electrons. The monoisotopic (exact) mass is 387 g/mol. The van der Waals surface area contributed by atoms with E-state index in [9.17, 15) is 5.11 Å². The van der Waals surface area contributed by atoms with Gasteiger partial charge in [-0.25, -0.2) is 0 Å². The van der Waals surface area contributed by atoms with Crippen LogP contribution in [0.1, 0.15) is 102 Å². The second kappa shape index (κ2) is 9.33. The van der Waals surface area contributed by atoms with Gasteiger partial charge in [-0.1, -0.05) is 76.8 Å². The minimum Gasteiger partial charge on any atom is -0.393 e. The standard InChI is InChI=1S/C27H44O/c1-19(2)8-6-9-21(4)25-15-16-26-22(10-7-17-27(25,26)5)12-13-23-18-24(28)14-11-20(23)3/h12-13,19,21,24-26,28H,3,6-11,14-18H2,1-2,4-5H3/b22-12+,23-13-/t21-,24+,25-,26+,27-/m1/s1/i5D3. The predicted octanol–water partition coefficient (Wildman–Crippen LogP) is 7.62. The van der Waals surface area contributed by atoms with Crippen LogP contribution in [-0.4, -0.2) is 11.2 Å². The van der Waals surface area contributed by atoms with Gasteiger partial charge in [-0.3, -0.25) is 0 Å². The molecule has 0 radical (unpaired) electrons. The van der Waals surface area contributed by atoms with Crippen LogP contribution in [0.15, 0.2) is 35.5 Å². The molecule has 0 heterocycles. The van der Waals surface area contributed by atoms with Crippen LogP contribution in [0.2, 0.25) is 0 Å². The highest BCUT2D eigenvalue weighted by Gasteiger charge is 2.50. The second-order valence-electron chi connectivity index (χ2n) is 10.4. The Morgan fingerprint density at radius 3 is 2.75 bits per heavy atom. The molecule has 3 rings (SSSR count). The molecule has 3 aliphatic rings. The lowest BCUT2D eigenvalue weighted by Gasteiger charge is -2.44. The molecule has 0 aliphatic heterocycles. The van der Waals surface area contributed by atoms with Crippen molar-refractivity contribution in [1.29, 1.82) is 0 Å². The highest BCUT2D eigenvalue weighted by molar-refractivity contribution is 5.36. The van der Waals surface area contributed by atoms with Crippen LogP contribution in [0.25, 0.3) is 0 Å². The summed E-state index contributed by atoms with van der Waals surface area (Å²) in [6.45, 7) is 9.13. The van der Waals surface area contributed by atoms with Crippen molar-refractivity contribution in [3.8, 4) is 0 Å². The Balaban J connectivity index is 1.85. The number of allylic oxidation sites excluding steroid dienone is 4. The third-order valence-corrected chi connectivity index (χ3v) is 7.87. The smallest absolute Gasteiger partial charge is 0.0583 e. The third-order valence-electron chi connectivity index (χ3n) is 7.87. The summed E-state index contributed by atoms with van der Waals surface area (Å²) < 4.78 is 25.9. The van der Waals surface area contributed by atoms with Crippen molar-refractivity contribution in [1.82, 2.24) is 0 Å². The number of aliphatic hydroxyl groups excluding tert-OH is 1. The molecular weight excluding hydrogens is 340 g/mol. The van der Waals surface area contributed by atoms with Gasteiger partial charge in [0, 0.05) is 4.11 Å². The van der Waals surface area contributed by atoms with Crippen LogP contribution in [0.3, 0.4) is 0 Å². The van der Waals surface area contributed by atoms with Crippen molar-refractivity contribution < 1.29 is 9.22 Å². The van der Waals surface area contributed by atoms with E-state index in [-0.39, 0.29) is 12.0 Å². The van der Waals surface area contributed by atoms with Gasteiger partial charge in [-0.15, -0.1) is 0 Å². The molecule has 3 fully saturated rings. The van der Waals surface area contributed by atoms with E-state index in [1.54, 1.807) is 0 Å². The number of fused-ring (bicyclic) bond motifs is 1. The molecule has 0 aromatic heterocycles. The molecule has 1 N–H and O–H groups in total. The van der Waals surface area contributed by atoms with Gasteiger partial charge < -0.3 is 5.11 Å². The summed E-state index contributed by atoms with van der Waals surface area (Å²) in [5, 5.41) is 10.1. The maximum atomic E-state index is 10.1. The van der Waals surface area contributed by atoms with Gasteiger partial charge in [0.1, 0.15) is 0 Å². The number of aliphatic hydroxyl groups is 1. The van der Waals surface area contributed by atoms with Crippen LogP contribution in [0.5, 0.6) is 0 Å². The van der Waals surface area contributed by atoms with Crippen molar-refractivity contribution in [2.45, 2.75) is 104 Å². The van der Waals surface area contributed by atoms with Crippen molar-refractivity contribution in [2.75, 3.05) is 0 Å². The van der Waals surface area contributed by atoms with Crippen molar-refractivity contribution in [3.63, 3.8) is 0 Å². The normalized spacial score (nSPS) is 39.7. The zero-order valence-corrected chi connectivity index (χ0v) is 18.5. The zero-order chi connectivity index (χ0) is 22.8. The number of rotatable bonds is 6. The van der Waals surface area contributed by atoms with Crippen molar-refractivity contribution in [2.24, 2.45) is 29.1 Å². The van der Waals surface area contributed by atoms with E-state index in [1.807, 2.05) is 0 Å². The molecule has 1 nitrogen and oxygen atoms in total. The van der Waals surface area contributed by atoms with E-state index in [4.69, 9.17) is 4.11 Å². The van der Waals surface area contributed by atoms with Crippen molar-refractivity contribution in [3.05, 3.63) is 35.5 Å². The molecule has 0 amide bonds. The van der Waals surface area contributed by atoms with E-state index < -0.39 is 12.3 Å². The van der Waals surface area contributed by atoms with Gasteiger partial charge in [0.05, 0.1) is 6.10 Å². The quantitative estimate of drug-likeness (QED) is 0.497. The molecule has 3 aliphatic carbocycles. The Bertz CT molecular complexity index is 702. The van der Waals surface area contributed by atoms with E-state index in [2.05, 4.69) is 39.5 Å². The first kappa shape index (κ1) is 18.0. The van der Waals surface area contributed by atoms with Gasteiger partial charge in [0.25, 0.3) is 0 Å². The molecule has 1 heteroatoms. The van der Waals surface area contributed by atoms with Crippen LogP contribution < -0.4 is 0 Å². The fourth-order valence-electron chi connectivity index (χ4n) is 6.19. The lowest BCUT2D eigenvalue weighted by molar-refractivity contribution is 0.0929. The lowest BCUT2D eigenvalue weighted by Crippen LogP contribution is -2.36. The summed E-state index contributed by atoms with van der Waals surface area (Å²) in [5.74, 6) is 1.64. The van der Waals surface area contributed by atoms with Gasteiger partial charge in [0.2, 0.25) is 0 Å². The molecular formula is C27H44O. The maximum absolute atomic E-state index is 10.1. The number of hydrogen-bond donors (Lipinski definition) is 1. The van der Waals surface area contributed by atoms with E-state index >= 15 is 0 Å². The summed E-state index contributed by atoms with van der Waals surface area (Å²) in [7, 11) is 0. The fraction of sp³-hybridized carbons (Fsp3) is 0.778. The molecule has 5 atom stereocenters. The van der Waals surface area contributed by atoms with Gasteiger partial charge in [-0.2, -0.15) is 0 Å². The van der Waals surface area contributed by atoms with Crippen LogP contribution >= 0.6 is 0 Å². The largest absolute Gasteiger partial charge is 0.393 e. The highest BCUT2D eigenvalue weighted by atomic mass is 16.3. The molecule has 0 unspecified atom stereocenters. The summed E-state index contributed by atoms with van der Waals surface area (Å²) in [6, 6.07) is 0. The maximum Gasteiger partial charge on any atom is 0.0583 e. The first-order valence-corrected chi connectivity index (χ1v) is 11.8. The van der Waals surface area contributed by atoms with Gasteiger partial charge in [-0.05, 0) is 86.0 Å². The minimum atomic E-state index is -1.91. The Labute approximate surface area is 178 Å². The summed E-state index contributed by atoms with van der Waals surface area (Å²) in [4.78, 5) is 0. The molecule has 3 saturated carbocycles. The number of hydrogen-bond acceptors (Lipinski definition) is 1. The molecule has 0 aromatic rings. The minimum absolute atomic E-state index is 0.171. The Kier molecular flexibility index (Phi) is 5.99. The predicted molar refractivity (Wildman–Crippen MR) is 121 cm³/mol. The average molecular weight is 388 g/mol. The second-order valence-corrected chi connectivity index (χ2v) is 10.4. The molecule has 0 aromatic carbocycles. The van der Waals surface area contributed by atoms with E-state index in [1.165, 1.54) is 18.4 Å². The topological polar surface area (TPSA) is 20.2 Å². The summed E-state index contributed by atoms with van der Waals surface area (Å²) in [6.07, 6.45) is 14.9. The third kappa shape index (κ3) is 4.84. The van der Waals surface area contributed by atoms with E-state index in [0.717, 1.165) is 62.5 Å². The van der Waals surface area contributed by atoms with Crippen LogP contribution in [0, 0.1) is 29.1 Å². The molecule has 0 saturated heterocycles. The van der Waals surface area contributed by atoms with Crippen molar-refractivity contribution >= 4 is 0 Å². The van der Waals surface area contributed by atoms with E-state index in [0.29, 0.717) is 24.2 Å². The Morgan fingerprint density at radius 1 is 1.18 bits per heavy atom. The van der Waals surface area contributed by atoms with Crippen LogP contribution in [-0.2, 0) is 0 Å². The molecule has 0 spiro atoms. The first-order chi connectivity index (χ1) is 14.6. The first-order valence-electron chi connectivity index (χ1n) is 13.3. The SMILES string of the molecule is [2H]C([2H])([2H])[C@]12CCC/C(=C\C=C3\C[C@@H](O)CCC3=C)[C@@H]1CC[C@@H]2[C@H](C)CCCC(C)C.